The van der Waals surface area contributed by atoms with E-state index in [1.54, 1.807) is 13.8 Å². The first-order chi connectivity index (χ1) is 8.66. The molecule has 108 valence electrons. The summed E-state index contributed by atoms with van der Waals surface area (Å²) >= 11 is 0. The SMILES string of the molecule is CC1NC(=O)C(C)(C2CC2)N(CCS(C)(=O)=O)C1=O. The maximum absolute atomic E-state index is 12.3. The molecule has 2 fully saturated rings. The molecule has 1 aliphatic carbocycles. The number of sulfone groups is 1. The highest BCUT2D eigenvalue weighted by Gasteiger charge is 2.56. The largest absolute Gasteiger partial charge is 0.343 e. The second kappa shape index (κ2) is 4.47. The fourth-order valence-electron chi connectivity index (χ4n) is 2.64. The van der Waals surface area contributed by atoms with Crippen molar-refractivity contribution in [1.29, 1.82) is 0 Å². The topological polar surface area (TPSA) is 83.6 Å². The van der Waals surface area contributed by atoms with Gasteiger partial charge >= 0.3 is 0 Å². The van der Waals surface area contributed by atoms with Crippen LogP contribution >= 0.6 is 0 Å². The third-order valence-corrected chi connectivity index (χ3v) is 4.99. The molecule has 1 saturated carbocycles. The third-order valence-electron chi connectivity index (χ3n) is 4.06. The van der Waals surface area contributed by atoms with Crippen LogP contribution in [0.2, 0.25) is 0 Å². The van der Waals surface area contributed by atoms with Crippen molar-refractivity contribution in [3.05, 3.63) is 0 Å². The molecule has 2 atom stereocenters. The minimum atomic E-state index is -3.16. The molecule has 2 amide bonds. The van der Waals surface area contributed by atoms with Crippen LogP contribution in [0.1, 0.15) is 26.7 Å². The minimum absolute atomic E-state index is 0.0857. The molecule has 2 aliphatic rings. The van der Waals surface area contributed by atoms with Crippen molar-refractivity contribution >= 4 is 21.7 Å². The normalized spacial score (nSPS) is 32.4. The first kappa shape index (κ1) is 14.3. The van der Waals surface area contributed by atoms with Gasteiger partial charge in [-0.3, -0.25) is 9.59 Å². The summed E-state index contributed by atoms with van der Waals surface area (Å²) in [7, 11) is -3.16. The average molecular weight is 288 g/mol. The van der Waals surface area contributed by atoms with Gasteiger partial charge in [0.15, 0.2) is 0 Å². The van der Waals surface area contributed by atoms with Crippen molar-refractivity contribution in [3.63, 3.8) is 0 Å². The average Bonchev–Trinajstić information content (AvgIpc) is 3.08. The van der Waals surface area contributed by atoms with Gasteiger partial charge in [-0.15, -0.1) is 0 Å². The van der Waals surface area contributed by atoms with Crippen molar-refractivity contribution in [2.75, 3.05) is 18.6 Å². The van der Waals surface area contributed by atoms with Crippen LogP contribution in [0.4, 0.5) is 0 Å². The van der Waals surface area contributed by atoms with Gasteiger partial charge in [-0.05, 0) is 32.6 Å². The zero-order chi connectivity index (χ0) is 14.4. The second-order valence-corrected chi connectivity index (χ2v) is 8.00. The van der Waals surface area contributed by atoms with Gasteiger partial charge in [-0.1, -0.05) is 0 Å². The van der Waals surface area contributed by atoms with Crippen molar-refractivity contribution in [3.8, 4) is 0 Å². The van der Waals surface area contributed by atoms with E-state index in [0.29, 0.717) is 0 Å². The summed E-state index contributed by atoms with van der Waals surface area (Å²) in [6, 6.07) is -0.584. The Labute approximate surface area is 113 Å². The Bertz CT molecular complexity index is 512. The quantitative estimate of drug-likeness (QED) is 0.759. The molecule has 1 N–H and O–H groups in total. The lowest BCUT2D eigenvalue weighted by atomic mass is 9.88. The monoisotopic (exact) mass is 288 g/mol. The number of carbonyl (C=O) groups is 2. The highest BCUT2D eigenvalue weighted by atomic mass is 32.2. The molecule has 1 saturated heterocycles. The van der Waals surface area contributed by atoms with Crippen LogP contribution in [0.15, 0.2) is 0 Å². The minimum Gasteiger partial charge on any atom is -0.343 e. The number of rotatable bonds is 4. The fourth-order valence-corrected chi connectivity index (χ4v) is 3.15. The van der Waals surface area contributed by atoms with Gasteiger partial charge in [0.05, 0.1) is 5.75 Å². The Kier molecular flexibility index (Phi) is 3.36. The van der Waals surface area contributed by atoms with Crippen molar-refractivity contribution in [1.82, 2.24) is 10.2 Å². The van der Waals surface area contributed by atoms with Gasteiger partial charge in [-0.2, -0.15) is 0 Å². The molecule has 1 aliphatic heterocycles. The standard InChI is InChI=1S/C12H20N2O4S/c1-8-10(15)14(6-7-19(3,17)18)12(2,9-4-5-9)11(16)13-8/h8-9H,4-7H2,1-3H3,(H,13,16). The number of nitrogens with zero attached hydrogens (tertiary/aromatic N) is 1. The molecule has 19 heavy (non-hydrogen) atoms. The fraction of sp³-hybridized carbons (Fsp3) is 0.833. The van der Waals surface area contributed by atoms with Crippen molar-refractivity contribution < 1.29 is 18.0 Å². The molecular weight excluding hydrogens is 268 g/mol. The zero-order valence-electron chi connectivity index (χ0n) is 11.5. The van der Waals surface area contributed by atoms with Crippen molar-refractivity contribution in [2.24, 2.45) is 5.92 Å². The van der Waals surface area contributed by atoms with Crippen LogP contribution < -0.4 is 5.32 Å². The van der Waals surface area contributed by atoms with Crippen LogP contribution in [-0.2, 0) is 19.4 Å². The summed E-state index contributed by atoms with van der Waals surface area (Å²) in [5, 5.41) is 2.69. The molecule has 0 aromatic heterocycles. The number of carbonyl (C=O) groups excluding carboxylic acids is 2. The van der Waals surface area contributed by atoms with Crippen LogP contribution in [0, 0.1) is 5.92 Å². The molecular formula is C12H20N2O4S. The second-order valence-electron chi connectivity index (χ2n) is 5.74. The van der Waals surface area contributed by atoms with Gasteiger partial charge in [-0.25, -0.2) is 8.42 Å². The molecule has 7 heteroatoms. The summed E-state index contributed by atoms with van der Waals surface area (Å²) < 4.78 is 22.6. The van der Waals surface area contributed by atoms with E-state index in [2.05, 4.69) is 5.32 Å². The Hall–Kier alpha value is -1.11. The van der Waals surface area contributed by atoms with E-state index in [-0.39, 0.29) is 30.0 Å². The molecule has 2 rings (SSSR count). The lowest BCUT2D eigenvalue weighted by molar-refractivity contribution is -0.157. The number of hydrogen-bond acceptors (Lipinski definition) is 4. The van der Waals surface area contributed by atoms with E-state index in [9.17, 15) is 18.0 Å². The van der Waals surface area contributed by atoms with E-state index in [1.165, 1.54) is 4.90 Å². The predicted octanol–water partition coefficient (Wildman–Crippen LogP) is -0.453. The molecule has 0 radical (unpaired) electrons. The molecule has 0 aromatic rings. The Morgan fingerprint density at radius 2 is 1.95 bits per heavy atom. The van der Waals surface area contributed by atoms with Crippen LogP contribution in [0.5, 0.6) is 0 Å². The lowest BCUT2D eigenvalue weighted by Crippen LogP contribution is -2.70. The van der Waals surface area contributed by atoms with Gasteiger partial charge in [0, 0.05) is 12.8 Å². The predicted molar refractivity (Wildman–Crippen MR) is 70.2 cm³/mol. The number of nitrogens with one attached hydrogen (secondary N) is 1. The van der Waals surface area contributed by atoms with Gasteiger partial charge < -0.3 is 10.2 Å². The lowest BCUT2D eigenvalue weighted by Gasteiger charge is -2.46. The van der Waals surface area contributed by atoms with Gasteiger partial charge in [0.25, 0.3) is 0 Å². The highest BCUT2D eigenvalue weighted by molar-refractivity contribution is 7.90. The number of hydrogen-bond donors (Lipinski definition) is 1. The number of piperazine rings is 1. The molecule has 2 unspecified atom stereocenters. The Morgan fingerprint density at radius 3 is 2.42 bits per heavy atom. The summed E-state index contributed by atoms with van der Waals surface area (Å²) in [6.45, 7) is 3.45. The zero-order valence-corrected chi connectivity index (χ0v) is 12.3. The first-order valence-electron chi connectivity index (χ1n) is 6.46. The van der Waals surface area contributed by atoms with Gasteiger partial charge in [0.1, 0.15) is 21.4 Å². The molecule has 0 bridgehead atoms. The molecule has 6 nitrogen and oxygen atoms in total. The summed E-state index contributed by atoms with van der Waals surface area (Å²) in [6.07, 6.45) is 2.95. The maximum atomic E-state index is 12.3. The molecule has 1 heterocycles. The third kappa shape index (κ3) is 2.61. The van der Waals surface area contributed by atoms with E-state index in [0.717, 1.165) is 19.1 Å². The van der Waals surface area contributed by atoms with Gasteiger partial charge in [0.2, 0.25) is 11.8 Å². The van der Waals surface area contributed by atoms with E-state index < -0.39 is 21.4 Å². The van der Waals surface area contributed by atoms with Crippen LogP contribution in [0.25, 0.3) is 0 Å². The Balaban J connectivity index is 2.27. The number of amides is 2. The van der Waals surface area contributed by atoms with E-state index >= 15 is 0 Å². The van der Waals surface area contributed by atoms with Crippen molar-refractivity contribution in [2.45, 2.75) is 38.3 Å². The molecule has 0 spiro atoms. The summed E-state index contributed by atoms with van der Waals surface area (Å²) in [5.41, 5.74) is -0.895. The highest BCUT2D eigenvalue weighted by Crippen LogP contribution is 2.44. The van der Waals surface area contributed by atoms with Crippen LogP contribution in [0.3, 0.4) is 0 Å². The Morgan fingerprint density at radius 1 is 1.37 bits per heavy atom. The smallest absolute Gasteiger partial charge is 0.246 e. The summed E-state index contributed by atoms with van der Waals surface area (Å²) in [4.78, 5) is 26.0. The first-order valence-corrected chi connectivity index (χ1v) is 8.52. The van der Waals surface area contributed by atoms with Crippen LogP contribution in [-0.4, -0.2) is 55.3 Å². The van der Waals surface area contributed by atoms with E-state index in [4.69, 9.17) is 0 Å². The summed E-state index contributed by atoms with van der Waals surface area (Å²) in [5.74, 6) is -0.335. The molecule has 0 aromatic carbocycles. The van der Waals surface area contributed by atoms with E-state index in [1.807, 2.05) is 0 Å². The maximum Gasteiger partial charge on any atom is 0.246 e.